The second-order valence-corrected chi connectivity index (χ2v) is 4.39. The van der Waals surface area contributed by atoms with Crippen molar-refractivity contribution in [2.24, 2.45) is 0 Å². The van der Waals surface area contributed by atoms with Crippen LogP contribution in [0.2, 0.25) is 0 Å². The molecule has 0 saturated heterocycles. The largest absolute Gasteiger partial charge is 0.368 e. The zero-order valence-electron chi connectivity index (χ0n) is 9.98. The van der Waals surface area contributed by atoms with Gasteiger partial charge in [0, 0.05) is 6.20 Å². The Morgan fingerprint density at radius 1 is 1.37 bits per heavy atom. The van der Waals surface area contributed by atoms with Crippen LogP contribution in [0.1, 0.15) is 29.3 Å². The van der Waals surface area contributed by atoms with Crippen molar-refractivity contribution in [1.29, 1.82) is 0 Å². The number of nitrogens with zero attached hydrogens (tertiary/aromatic N) is 4. The van der Waals surface area contributed by atoms with Crippen molar-refractivity contribution in [3.63, 3.8) is 0 Å². The maximum atomic E-state index is 11.1. The molecule has 1 aliphatic carbocycles. The van der Waals surface area contributed by atoms with E-state index in [-0.39, 0.29) is 17.6 Å². The quantitative estimate of drug-likeness (QED) is 0.644. The molecule has 2 aromatic rings. The van der Waals surface area contributed by atoms with Gasteiger partial charge in [0.1, 0.15) is 11.9 Å². The van der Waals surface area contributed by atoms with Crippen LogP contribution in [0.4, 0.5) is 11.6 Å². The van der Waals surface area contributed by atoms with Gasteiger partial charge in [-0.15, -0.1) is 0 Å². The van der Waals surface area contributed by atoms with E-state index in [0.29, 0.717) is 5.69 Å². The third-order valence-corrected chi connectivity index (χ3v) is 3.30. The Labute approximate surface area is 108 Å². The van der Waals surface area contributed by atoms with Gasteiger partial charge in [0.05, 0.1) is 16.5 Å². The molecule has 7 heteroatoms. The van der Waals surface area contributed by atoms with E-state index >= 15 is 0 Å². The van der Waals surface area contributed by atoms with E-state index in [1.807, 2.05) is 12.1 Å². The lowest BCUT2D eigenvalue weighted by molar-refractivity contribution is -0.386. The molecule has 0 aromatic carbocycles. The summed E-state index contributed by atoms with van der Waals surface area (Å²) < 4.78 is 0. The fourth-order valence-corrected chi connectivity index (χ4v) is 2.48. The highest BCUT2D eigenvalue weighted by Gasteiger charge is 2.32. The number of fused-ring (bicyclic) bond motifs is 1. The van der Waals surface area contributed by atoms with Crippen molar-refractivity contribution in [1.82, 2.24) is 15.0 Å². The minimum atomic E-state index is -0.476. The summed E-state index contributed by atoms with van der Waals surface area (Å²) >= 11 is 0. The van der Waals surface area contributed by atoms with Crippen molar-refractivity contribution in [3.8, 4) is 0 Å². The first-order valence-electron chi connectivity index (χ1n) is 5.87. The monoisotopic (exact) mass is 257 g/mol. The van der Waals surface area contributed by atoms with Crippen molar-refractivity contribution in [2.45, 2.75) is 18.8 Å². The van der Waals surface area contributed by atoms with E-state index in [4.69, 9.17) is 5.73 Å². The van der Waals surface area contributed by atoms with E-state index in [1.165, 1.54) is 6.20 Å². The van der Waals surface area contributed by atoms with Gasteiger partial charge in [-0.2, -0.15) is 0 Å². The fraction of sp³-hybridized carbons (Fsp3) is 0.250. The van der Waals surface area contributed by atoms with Gasteiger partial charge in [-0.1, -0.05) is 6.07 Å². The molecular weight excluding hydrogens is 246 g/mol. The molecule has 96 valence electrons. The van der Waals surface area contributed by atoms with Crippen molar-refractivity contribution in [3.05, 3.63) is 51.6 Å². The number of anilines is 1. The van der Waals surface area contributed by atoms with Gasteiger partial charge in [-0.25, -0.2) is 9.97 Å². The Hall–Kier alpha value is -2.57. The van der Waals surface area contributed by atoms with Crippen LogP contribution in [-0.4, -0.2) is 19.9 Å². The summed E-state index contributed by atoms with van der Waals surface area (Å²) in [5, 5.41) is 11.1. The van der Waals surface area contributed by atoms with Crippen molar-refractivity contribution >= 4 is 11.6 Å². The van der Waals surface area contributed by atoms with Crippen LogP contribution < -0.4 is 5.73 Å². The number of hydrogen-bond acceptors (Lipinski definition) is 6. The first-order chi connectivity index (χ1) is 9.16. The van der Waals surface area contributed by atoms with Crippen molar-refractivity contribution in [2.75, 3.05) is 5.73 Å². The van der Waals surface area contributed by atoms with E-state index in [9.17, 15) is 10.1 Å². The number of nitrogen functional groups attached to an aromatic ring is 1. The number of nitro groups is 1. The summed E-state index contributed by atoms with van der Waals surface area (Å²) in [5.41, 5.74) is 7.77. The van der Waals surface area contributed by atoms with Crippen LogP contribution in [0.5, 0.6) is 0 Å². The molecule has 0 saturated carbocycles. The molecule has 1 atom stereocenters. The maximum absolute atomic E-state index is 11.1. The maximum Gasteiger partial charge on any atom is 0.309 e. The molecule has 1 aliphatic rings. The average Bonchev–Trinajstić information content (AvgIpc) is 2.82. The summed E-state index contributed by atoms with van der Waals surface area (Å²) in [7, 11) is 0. The third kappa shape index (κ3) is 1.88. The van der Waals surface area contributed by atoms with Crippen LogP contribution in [0.25, 0.3) is 0 Å². The Balaban J connectivity index is 2.13. The molecule has 1 unspecified atom stereocenters. The van der Waals surface area contributed by atoms with Gasteiger partial charge in [0.15, 0.2) is 0 Å². The molecule has 0 radical (unpaired) electrons. The van der Waals surface area contributed by atoms with Crippen LogP contribution in [-0.2, 0) is 6.42 Å². The van der Waals surface area contributed by atoms with Crippen LogP contribution in [0, 0.1) is 10.1 Å². The molecule has 0 fully saturated rings. The fourth-order valence-electron chi connectivity index (χ4n) is 2.48. The predicted molar refractivity (Wildman–Crippen MR) is 67.5 cm³/mol. The molecule has 0 amide bonds. The number of nitrogens with two attached hydrogens (primary N) is 1. The number of aromatic nitrogens is 3. The van der Waals surface area contributed by atoms with Gasteiger partial charge >= 0.3 is 5.69 Å². The van der Waals surface area contributed by atoms with Gasteiger partial charge < -0.3 is 5.73 Å². The first kappa shape index (κ1) is 11.5. The number of hydrogen-bond donors (Lipinski definition) is 1. The highest BCUT2D eigenvalue weighted by molar-refractivity contribution is 5.45. The predicted octanol–water partition coefficient (Wildman–Crippen LogP) is 1.44. The van der Waals surface area contributed by atoms with E-state index < -0.39 is 4.92 Å². The van der Waals surface area contributed by atoms with Gasteiger partial charge in [0.25, 0.3) is 0 Å². The third-order valence-electron chi connectivity index (χ3n) is 3.30. The molecule has 0 bridgehead atoms. The zero-order valence-corrected chi connectivity index (χ0v) is 9.98. The number of rotatable bonds is 2. The summed E-state index contributed by atoms with van der Waals surface area (Å²) in [5.74, 6) is -0.133. The Bertz CT molecular complexity index is 658. The van der Waals surface area contributed by atoms with E-state index in [2.05, 4.69) is 15.0 Å². The molecule has 0 aliphatic heterocycles. The Morgan fingerprint density at radius 3 is 3.00 bits per heavy atom. The second-order valence-electron chi connectivity index (χ2n) is 4.39. The lowest BCUT2D eigenvalue weighted by Gasteiger charge is -2.10. The topological polar surface area (TPSA) is 108 Å². The molecular formula is C12H11N5O2. The first-order valence-corrected chi connectivity index (χ1v) is 5.87. The summed E-state index contributed by atoms with van der Waals surface area (Å²) in [6, 6.07) is 3.85. The minimum Gasteiger partial charge on any atom is -0.368 e. The molecule has 2 aromatic heterocycles. The summed E-state index contributed by atoms with van der Waals surface area (Å²) in [6.07, 6.45) is 4.45. The van der Waals surface area contributed by atoms with E-state index in [1.54, 1.807) is 6.20 Å². The SMILES string of the molecule is Nc1ncc([N+](=O)[O-])c(C2CCc3cccnc32)n1. The highest BCUT2D eigenvalue weighted by Crippen LogP contribution is 2.39. The van der Waals surface area contributed by atoms with Crippen LogP contribution >= 0.6 is 0 Å². The smallest absolute Gasteiger partial charge is 0.309 e. The second kappa shape index (κ2) is 4.27. The molecule has 2 heterocycles. The van der Waals surface area contributed by atoms with Crippen molar-refractivity contribution < 1.29 is 4.92 Å². The Morgan fingerprint density at radius 2 is 2.21 bits per heavy atom. The normalized spacial score (nSPS) is 17.2. The van der Waals surface area contributed by atoms with Gasteiger partial charge in [-0.3, -0.25) is 15.1 Å². The van der Waals surface area contributed by atoms with Crippen LogP contribution in [0.15, 0.2) is 24.5 Å². The van der Waals surface area contributed by atoms with Crippen LogP contribution in [0.3, 0.4) is 0 Å². The molecule has 0 spiro atoms. The summed E-state index contributed by atoms with van der Waals surface area (Å²) in [6.45, 7) is 0. The highest BCUT2D eigenvalue weighted by atomic mass is 16.6. The lowest BCUT2D eigenvalue weighted by Crippen LogP contribution is -2.09. The number of aryl methyl sites for hydroxylation is 1. The standard InChI is InChI=1S/C12H11N5O2/c13-12-15-6-9(17(18)19)11(16-12)8-4-3-7-2-1-5-14-10(7)8/h1-2,5-6,8H,3-4H2,(H2,13,15,16). The molecule has 3 rings (SSSR count). The minimum absolute atomic E-state index is 0.0463. The lowest BCUT2D eigenvalue weighted by atomic mass is 10.0. The van der Waals surface area contributed by atoms with Gasteiger partial charge in [-0.05, 0) is 24.5 Å². The van der Waals surface area contributed by atoms with Gasteiger partial charge in [0.2, 0.25) is 5.95 Å². The number of pyridine rings is 1. The summed E-state index contributed by atoms with van der Waals surface area (Å²) in [4.78, 5) is 22.7. The zero-order chi connectivity index (χ0) is 13.4. The average molecular weight is 257 g/mol. The molecule has 19 heavy (non-hydrogen) atoms. The van der Waals surface area contributed by atoms with E-state index in [0.717, 1.165) is 24.1 Å². The molecule has 2 N–H and O–H groups in total. The molecule has 7 nitrogen and oxygen atoms in total. The Kier molecular flexibility index (Phi) is 2.59.